The van der Waals surface area contributed by atoms with Crippen LogP contribution in [-0.4, -0.2) is 29.8 Å². The molecule has 0 aromatic heterocycles. The van der Waals surface area contributed by atoms with Crippen molar-refractivity contribution in [2.24, 2.45) is 5.10 Å². The number of aryl methyl sites for hydroxylation is 3. The fourth-order valence-electron chi connectivity index (χ4n) is 2.90. The van der Waals surface area contributed by atoms with E-state index in [1.165, 1.54) is 16.7 Å². The highest BCUT2D eigenvalue weighted by Crippen LogP contribution is 2.28. The summed E-state index contributed by atoms with van der Waals surface area (Å²) in [6.45, 7) is 10.2. The van der Waals surface area contributed by atoms with Gasteiger partial charge >= 0.3 is 5.97 Å². The molecule has 0 aliphatic rings. The topological polar surface area (TPSA) is 67.8 Å². The maximum absolute atomic E-state index is 12.7. The van der Waals surface area contributed by atoms with Crippen molar-refractivity contribution in [1.29, 1.82) is 0 Å². The lowest BCUT2D eigenvalue weighted by Crippen LogP contribution is -2.27. The molecule has 0 spiro atoms. The predicted octanol–water partition coefficient (Wildman–Crippen LogP) is 3.83. The van der Waals surface area contributed by atoms with Crippen LogP contribution >= 0.6 is 11.8 Å². The quantitative estimate of drug-likeness (QED) is 0.339. The molecule has 0 fully saturated rings. The Labute approximate surface area is 161 Å². The number of rotatable bonds is 7. The van der Waals surface area contributed by atoms with Gasteiger partial charge < -0.3 is 4.74 Å². The molecule has 6 heteroatoms. The summed E-state index contributed by atoms with van der Waals surface area (Å²) in [5.41, 5.74) is 7.29. The Hall–Kier alpha value is -1.82. The maximum atomic E-state index is 12.7. The van der Waals surface area contributed by atoms with Crippen molar-refractivity contribution in [3.05, 3.63) is 34.4 Å². The number of nitrogens with one attached hydrogen (secondary N) is 1. The van der Waals surface area contributed by atoms with Gasteiger partial charge in [-0.25, -0.2) is 10.2 Å². The summed E-state index contributed by atoms with van der Waals surface area (Å²) in [5.74, 6) is -1.10. The van der Waals surface area contributed by atoms with Gasteiger partial charge in [-0.15, -0.1) is 11.8 Å². The summed E-state index contributed by atoms with van der Waals surface area (Å²) < 4.78 is 4.93. The van der Waals surface area contributed by atoms with Gasteiger partial charge in [-0.1, -0.05) is 32.9 Å². The highest BCUT2D eigenvalue weighted by Gasteiger charge is 2.22. The number of carbonyl (C=O) groups is 2. The Morgan fingerprint density at radius 3 is 2.12 bits per heavy atom. The van der Waals surface area contributed by atoms with Crippen molar-refractivity contribution in [3.63, 3.8) is 0 Å². The van der Waals surface area contributed by atoms with Gasteiger partial charge in [0.05, 0.1) is 12.5 Å². The van der Waals surface area contributed by atoms with Gasteiger partial charge in [-0.3, -0.25) is 4.79 Å². The summed E-state index contributed by atoms with van der Waals surface area (Å²) in [6, 6.07) is 4.38. The van der Waals surface area contributed by atoms with E-state index in [1.807, 2.05) is 6.92 Å². The minimum Gasteiger partial charge on any atom is -0.461 e. The van der Waals surface area contributed by atoms with E-state index in [0.29, 0.717) is 0 Å². The smallest absolute Gasteiger partial charge is 0.365 e. The number of hydrogen-bond acceptors (Lipinski definition) is 5. The zero-order chi connectivity index (χ0) is 19.7. The fraction of sp³-hybridized carbons (Fsp3) is 0.550. The van der Waals surface area contributed by atoms with E-state index in [1.54, 1.807) is 13.2 Å². The van der Waals surface area contributed by atoms with E-state index in [2.05, 4.69) is 43.4 Å². The number of nitrogens with zero attached hydrogens (tertiary/aromatic N) is 1. The molecule has 26 heavy (non-hydrogen) atoms. The Morgan fingerprint density at radius 2 is 1.69 bits per heavy atom. The van der Waals surface area contributed by atoms with Crippen LogP contribution in [0.2, 0.25) is 0 Å². The summed E-state index contributed by atoms with van der Waals surface area (Å²) >= 11 is 1.15. The van der Waals surface area contributed by atoms with Crippen molar-refractivity contribution >= 4 is 28.7 Å². The third kappa shape index (κ3) is 5.59. The summed E-state index contributed by atoms with van der Waals surface area (Å²) in [6.07, 6.45) is 4.44. The van der Waals surface area contributed by atoms with Crippen LogP contribution in [0.1, 0.15) is 62.8 Å². The first-order valence-electron chi connectivity index (χ1n) is 9.16. The van der Waals surface area contributed by atoms with Gasteiger partial charge in [0, 0.05) is 0 Å². The van der Waals surface area contributed by atoms with E-state index >= 15 is 0 Å². The standard InChI is InChI=1S/C20H30N2O3S/c1-7-14-11-15(8-2)17(16(9-3)12-14)13(5)18(23)21-22-19(26-6)20(24)25-10-4/h11-13H,7-10H2,1-6H3,(H,21,23). The molecule has 0 heterocycles. The number of benzene rings is 1. The Balaban J connectivity index is 3.10. The minimum absolute atomic E-state index is 0.139. The first-order chi connectivity index (χ1) is 12.4. The molecule has 0 saturated heterocycles. The summed E-state index contributed by atoms with van der Waals surface area (Å²) in [7, 11) is 0. The maximum Gasteiger partial charge on any atom is 0.365 e. The summed E-state index contributed by atoms with van der Waals surface area (Å²) in [4.78, 5) is 24.4. The molecule has 144 valence electrons. The second-order valence-electron chi connectivity index (χ2n) is 5.93. The van der Waals surface area contributed by atoms with Gasteiger partial charge in [0.2, 0.25) is 11.0 Å². The molecule has 1 unspecified atom stereocenters. The predicted molar refractivity (Wildman–Crippen MR) is 109 cm³/mol. The van der Waals surface area contributed by atoms with Crippen LogP contribution in [0.4, 0.5) is 0 Å². The zero-order valence-electron chi connectivity index (χ0n) is 16.6. The largest absolute Gasteiger partial charge is 0.461 e. The normalized spacial score (nSPS) is 12.6. The lowest BCUT2D eigenvalue weighted by Gasteiger charge is -2.20. The molecule has 1 rings (SSSR count). The third-order valence-corrected chi connectivity index (χ3v) is 4.96. The van der Waals surface area contributed by atoms with Crippen molar-refractivity contribution in [1.82, 2.24) is 5.43 Å². The molecule has 1 amide bonds. The van der Waals surface area contributed by atoms with Gasteiger partial charge in [-0.2, -0.15) is 5.10 Å². The molecule has 0 aliphatic carbocycles. The van der Waals surface area contributed by atoms with E-state index in [4.69, 9.17) is 4.74 Å². The highest BCUT2D eigenvalue weighted by molar-refractivity contribution is 8.15. The average Bonchev–Trinajstić information content (AvgIpc) is 2.66. The van der Waals surface area contributed by atoms with Crippen LogP contribution < -0.4 is 5.43 Å². The monoisotopic (exact) mass is 378 g/mol. The molecule has 5 nitrogen and oxygen atoms in total. The van der Waals surface area contributed by atoms with E-state index in [0.717, 1.165) is 36.6 Å². The van der Waals surface area contributed by atoms with Crippen molar-refractivity contribution in [3.8, 4) is 0 Å². The Morgan fingerprint density at radius 1 is 1.12 bits per heavy atom. The molecule has 0 saturated carbocycles. The minimum atomic E-state index is -0.524. The van der Waals surface area contributed by atoms with Crippen LogP contribution in [0.3, 0.4) is 0 Å². The Bertz CT molecular complexity index is 646. The van der Waals surface area contributed by atoms with Crippen molar-refractivity contribution in [2.75, 3.05) is 12.9 Å². The molecule has 1 aromatic carbocycles. The van der Waals surface area contributed by atoms with Gasteiger partial charge in [0.1, 0.15) is 0 Å². The number of hydrogen-bond donors (Lipinski definition) is 1. The molecular weight excluding hydrogens is 348 g/mol. The molecule has 1 aromatic rings. The van der Waals surface area contributed by atoms with Crippen LogP contribution in [0.5, 0.6) is 0 Å². The van der Waals surface area contributed by atoms with Crippen LogP contribution in [-0.2, 0) is 33.6 Å². The molecule has 0 aliphatic heterocycles. The van der Waals surface area contributed by atoms with Gasteiger partial charge in [0.15, 0.2) is 0 Å². The first-order valence-corrected chi connectivity index (χ1v) is 10.4. The fourth-order valence-corrected chi connectivity index (χ4v) is 3.26. The molecule has 1 atom stereocenters. The number of esters is 1. The van der Waals surface area contributed by atoms with Gasteiger partial charge in [-0.05, 0) is 61.6 Å². The lowest BCUT2D eigenvalue weighted by atomic mass is 9.86. The highest BCUT2D eigenvalue weighted by atomic mass is 32.2. The van der Waals surface area contributed by atoms with Gasteiger partial charge in [0.25, 0.3) is 0 Å². The van der Waals surface area contributed by atoms with Crippen molar-refractivity contribution < 1.29 is 14.3 Å². The molecule has 1 N–H and O–H groups in total. The third-order valence-electron chi connectivity index (χ3n) is 4.32. The van der Waals surface area contributed by atoms with Crippen LogP contribution in [0.25, 0.3) is 0 Å². The average molecular weight is 379 g/mol. The van der Waals surface area contributed by atoms with E-state index in [9.17, 15) is 9.59 Å². The number of ether oxygens (including phenoxy) is 1. The second kappa shape index (κ2) is 11.0. The number of thioether (sulfide) groups is 1. The van der Waals surface area contributed by atoms with Crippen LogP contribution in [0, 0.1) is 0 Å². The van der Waals surface area contributed by atoms with E-state index < -0.39 is 5.97 Å². The lowest BCUT2D eigenvalue weighted by molar-refractivity contribution is -0.134. The number of carbonyl (C=O) groups excluding carboxylic acids is 2. The van der Waals surface area contributed by atoms with E-state index in [-0.39, 0.29) is 23.5 Å². The number of amides is 1. The molecule has 0 radical (unpaired) electrons. The molecule has 0 bridgehead atoms. The zero-order valence-corrected chi connectivity index (χ0v) is 17.5. The first kappa shape index (κ1) is 22.2. The molecular formula is C20H30N2O3S. The Kier molecular flexibility index (Phi) is 9.41. The van der Waals surface area contributed by atoms with Crippen LogP contribution in [0.15, 0.2) is 17.2 Å². The second-order valence-corrected chi connectivity index (χ2v) is 6.72. The van der Waals surface area contributed by atoms with Crippen molar-refractivity contribution in [2.45, 2.75) is 59.8 Å². The summed E-state index contributed by atoms with van der Waals surface area (Å²) in [5, 5.41) is 4.10. The SMILES string of the molecule is CCOC(=O)C(=NNC(=O)C(C)c1c(CC)cc(CC)cc1CC)SC. The number of hydrazone groups is 1.